The molecule has 2 aromatic carbocycles. The van der Waals surface area contributed by atoms with E-state index in [1.54, 1.807) is 31.4 Å². The zero-order valence-electron chi connectivity index (χ0n) is 17.1. The second kappa shape index (κ2) is 7.55. The van der Waals surface area contributed by atoms with Crippen molar-refractivity contribution in [1.82, 2.24) is 0 Å². The molecule has 0 aliphatic carbocycles. The Morgan fingerprint density at radius 3 is 1.97 bits per heavy atom. The SMILES string of the molecule is COc1ccc([C@]2(C)CC(=O)O[C@@]2(C#N)c2cc(OC)c(OC)c(OC)c2)cc1. The van der Waals surface area contributed by atoms with Crippen LogP contribution >= 0.6 is 0 Å². The Bertz CT molecular complexity index is 939. The lowest BCUT2D eigenvalue weighted by molar-refractivity contribution is -0.146. The van der Waals surface area contributed by atoms with Crippen LogP contribution in [-0.4, -0.2) is 34.4 Å². The molecular weight excluding hydrogens is 374 g/mol. The van der Waals surface area contributed by atoms with Crippen molar-refractivity contribution in [3.05, 3.63) is 47.5 Å². The largest absolute Gasteiger partial charge is 0.497 e. The molecule has 152 valence electrons. The van der Waals surface area contributed by atoms with Crippen molar-refractivity contribution in [1.29, 1.82) is 5.26 Å². The maximum atomic E-state index is 12.4. The van der Waals surface area contributed by atoms with Gasteiger partial charge in [-0.15, -0.1) is 0 Å². The first-order valence-electron chi connectivity index (χ1n) is 8.97. The number of hydrogen-bond acceptors (Lipinski definition) is 7. The lowest BCUT2D eigenvalue weighted by Crippen LogP contribution is -2.43. The molecule has 7 heteroatoms. The van der Waals surface area contributed by atoms with Crippen LogP contribution in [0.5, 0.6) is 23.0 Å². The molecule has 0 N–H and O–H groups in total. The van der Waals surface area contributed by atoms with Gasteiger partial charge in [-0.25, -0.2) is 0 Å². The fourth-order valence-electron chi connectivity index (χ4n) is 3.87. The molecule has 1 saturated heterocycles. The predicted molar refractivity (Wildman–Crippen MR) is 104 cm³/mol. The number of hydrogen-bond donors (Lipinski definition) is 0. The van der Waals surface area contributed by atoms with Crippen LogP contribution in [0.25, 0.3) is 0 Å². The first kappa shape index (κ1) is 20.3. The summed E-state index contributed by atoms with van der Waals surface area (Å²) >= 11 is 0. The number of carbonyl (C=O) groups is 1. The average molecular weight is 397 g/mol. The molecule has 2 aromatic rings. The molecule has 2 atom stereocenters. The minimum Gasteiger partial charge on any atom is -0.497 e. The van der Waals surface area contributed by atoms with Gasteiger partial charge in [-0.3, -0.25) is 4.79 Å². The summed E-state index contributed by atoms with van der Waals surface area (Å²) in [6, 6.07) is 12.8. The molecule has 1 aliphatic heterocycles. The summed E-state index contributed by atoms with van der Waals surface area (Å²) in [6.07, 6.45) is 0.0452. The monoisotopic (exact) mass is 397 g/mol. The summed E-state index contributed by atoms with van der Waals surface area (Å²) in [5.74, 6) is 1.35. The number of benzene rings is 2. The molecule has 0 saturated carbocycles. The lowest BCUT2D eigenvalue weighted by atomic mass is 9.66. The Balaban J connectivity index is 2.25. The van der Waals surface area contributed by atoms with E-state index >= 15 is 0 Å². The highest BCUT2D eigenvalue weighted by molar-refractivity contribution is 5.78. The molecule has 0 radical (unpaired) electrons. The Hall–Kier alpha value is -3.40. The maximum Gasteiger partial charge on any atom is 0.308 e. The first-order valence-corrected chi connectivity index (χ1v) is 8.97. The van der Waals surface area contributed by atoms with E-state index in [4.69, 9.17) is 23.7 Å². The second-order valence-electron chi connectivity index (χ2n) is 6.92. The fourth-order valence-corrected chi connectivity index (χ4v) is 3.87. The van der Waals surface area contributed by atoms with Crippen molar-refractivity contribution in [3.8, 4) is 29.1 Å². The highest BCUT2D eigenvalue weighted by Crippen LogP contribution is 2.54. The summed E-state index contributed by atoms with van der Waals surface area (Å²) in [5, 5.41) is 10.3. The van der Waals surface area contributed by atoms with E-state index in [-0.39, 0.29) is 6.42 Å². The number of methoxy groups -OCH3 is 4. The predicted octanol–water partition coefficient (Wildman–Crippen LogP) is 3.34. The van der Waals surface area contributed by atoms with Crippen molar-refractivity contribution in [2.75, 3.05) is 28.4 Å². The molecular formula is C22H23NO6. The number of esters is 1. The van der Waals surface area contributed by atoms with Crippen LogP contribution in [0.3, 0.4) is 0 Å². The zero-order valence-corrected chi connectivity index (χ0v) is 17.1. The lowest BCUT2D eigenvalue weighted by Gasteiger charge is -2.36. The second-order valence-corrected chi connectivity index (χ2v) is 6.92. The third-order valence-electron chi connectivity index (χ3n) is 5.50. The van der Waals surface area contributed by atoms with E-state index in [2.05, 4.69) is 6.07 Å². The first-order chi connectivity index (χ1) is 13.9. The van der Waals surface area contributed by atoms with Gasteiger partial charge in [0, 0.05) is 5.56 Å². The van der Waals surface area contributed by atoms with E-state index < -0.39 is 17.0 Å². The zero-order chi connectivity index (χ0) is 21.2. The smallest absolute Gasteiger partial charge is 0.308 e. The maximum absolute atomic E-state index is 12.4. The van der Waals surface area contributed by atoms with Gasteiger partial charge >= 0.3 is 5.97 Å². The molecule has 0 bridgehead atoms. The van der Waals surface area contributed by atoms with Gasteiger partial charge in [0.25, 0.3) is 0 Å². The topological polar surface area (TPSA) is 87.0 Å². The normalized spacial score (nSPS) is 23.1. The number of rotatable bonds is 6. The van der Waals surface area contributed by atoms with Crippen LogP contribution in [0.2, 0.25) is 0 Å². The molecule has 3 rings (SSSR count). The van der Waals surface area contributed by atoms with Crippen molar-refractivity contribution in [2.45, 2.75) is 24.4 Å². The third kappa shape index (κ3) is 3.01. The van der Waals surface area contributed by atoms with E-state index in [9.17, 15) is 10.1 Å². The molecule has 0 unspecified atom stereocenters. The molecule has 1 fully saturated rings. The highest BCUT2D eigenvalue weighted by atomic mass is 16.6. The van der Waals surface area contributed by atoms with Crippen molar-refractivity contribution < 1.29 is 28.5 Å². The van der Waals surface area contributed by atoms with Gasteiger partial charge < -0.3 is 23.7 Å². The average Bonchev–Trinajstić information content (AvgIpc) is 3.03. The van der Waals surface area contributed by atoms with Gasteiger partial charge in [0.2, 0.25) is 11.4 Å². The van der Waals surface area contributed by atoms with E-state index in [1.165, 1.54) is 21.3 Å². The molecule has 29 heavy (non-hydrogen) atoms. The van der Waals surface area contributed by atoms with Crippen LogP contribution in [0, 0.1) is 11.3 Å². The summed E-state index contributed by atoms with van der Waals surface area (Å²) < 4.78 is 27.2. The molecule has 1 aliphatic rings. The van der Waals surface area contributed by atoms with Gasteiger partial charge in [0.1, 0.15) is 11.8 Å². The molecule has 7 nitrogen and oxygen atoms in total. The summed E-state index contributed by atoms with van der Waals surface area (Å²) in [4.78, 5) is 12.4. The van der Waals surface area contributed by atoms with E-state index in [0.717, 1.165) is 5.56 Å². The van der Waals surface area contributed by atoms with Crippen molar-refractivity contribution in [3.63, 3.8) is 0 Å². The Morgan fingerprint density at radius 2 is 1.52 bits per heavy atom. The quantitative estimate of drug-likeness (QED) is 0.691. The van der Waals surface area contributed by atoms with Crippen LogP contribution in [0.4, 0.5) is 0 Å². The van der Waals surface area contributed by atoms with Gasteiger partial charge in [-0.05, 0) is 36.8 Å². The number of nitriles is 1. The number of carbonyl (C=O) groups excluding carboxylic acids is 1. The van der Waals surface area contributed by atoms with Crippen molar-refractivity contribution >= 4 is 5.97 Å². The van der Waals surface area contributed by atoms with E-state index in [1.807, 2.05) is 19.1 Å². The van der Waals surface area contributed by atoms with Gasteiger partial charge in [-0.2, -0.15) is 5.26 Å². The fraction of sp³-hybridized carbons (Fsp3) is 0.364. The molecule has 1 heterocycles. The van der Waals surface area contributed by atoms with E-state index in [0.29, 0.717) is 28.6 Å². The number of cyclic esters (lactones) is 1. The van der Waals surface area contributed by atoms with Crippen molar-refractivity contribution in [2.24, 2.45) is 0 Å². The summed E-state index contributed by atoms with van der Waals surface area (Å²) in [5.41, 5.74) is -1.31. The molecule has 0 amide bonds. The van der Waals surface area contributed by atoms with Crippen LogP contribution in [0.15, 0.2) is 36.4 Å². The summed E-state index contributed by atoms with van der Waals surface area (Å²) in [7, 11) is 6.05. The van der Waals surface area contributed by atoms with Gasteiger partial charge in [-0.1, -0.05) is 12.1 Å². The Morgan fingerprint density at radius 1 is 0.931 bits per heavy atom. The minimum absolute atomic E-state index is 0.0452. The van der Waals surface area contributed by atoms with Crippen LogP contribution < -0.4 is 18.9 Å². The molecule has 0 aromatic heterocycles. The third-order valence-corrected chi connectivity index (χ3v) is 5.50. The Kier molecular flexibility index (Phi) is 5.29. The standard InChI is InChI=1S/C22H23NO6/c1-21(14-6-8-16(25-2)9-7-14)12-19(24)29-22(21,13-23)15-10-17(26-3)20(28-5)18(11-15)27-4/h6-11H,12H2,1-5H3/t21-,22-/m0/s1. The van der Waals surface area contributed by atoms with Gasteiger partial charge in [0.15, 0.2) is 11.5 Å². The van der Waals surface area contributed by atoms with Gasteiger partial charge in [0.05, 0.1) is 40.3 Å². The highest BCUT2D eigenvalue weighted by Gasteiger charge is 2.61. The van der Waals surface area contributed by atoms with Crippen LogP contribution in [0.1, 0.15) is 24.5 Å². The minimum atomic E-state index is -1.58. The summed E-state index contributed by atoms with van der Waals surface area (Å²) in [6.45, 7) is 1.84. The Labute approximate surface area is 169 Å². The number of ether oxygens (including phenoxy) is 5. The van der Waals surface area contributed by atoms with Crippen LogP contribution in [-0.2, 0) is 20.5 Å². The molecule has 0 spiro atoms. The number of nitrogens with zero attached hydrogens (tertiary/aromatic N) is 1.